The van der Waals surface area contributed by atoms with Crippen molar-refractivity contribution >= 4 is 10.8 Å². The number of benzene rings is 2. The fraction of sp³-hybridized carbons (Fsp3) is 0. The zero-order valence-electron chi connectivity index (χ0n) is 6.49. The summed E-state index contributed by atoms with van der Waals surface area (Å²) >= 11 is 0. The fourth-order valence-electron chi connectivity index (χ4n) is 1.18. The van der Waals surface area contributed by atoms with Gasteiger partial charge in [0.25, 0.3) is 0 Å². The monoisotopic (exact) mass is 234 g/mol. The molecule has 0 saturated heterocycles. The van der Waals surface area contributed by atoms with Crippen LogP contribution in [0, 0.1) is 0 Å². The summed E-state index contributed by atoms with van der Waals surface area (Å²) < 4.78 is 0. The number of rotatable bonds is 0. The predicted molar refractivity (Wildman–Crippen MR) is 45.6 cm³/mol. The molecule has 0 atom stereocenters. The van der Waals surface area contributed by atoms with Crippen LogP contribution >= 0.6 is 0 Å². The fourth-order valence-corrected chi connectivity index (χ4v) is 1.18. The van der Waals surface area contributed by atoms with E-state index in [4.69, 9.17) is 5.11 Å². The molecule has 0 aromatic heterocycles. The summed E-state index contributed by atoms with van der Waals surface area (Å²) in [7, 11) is 0. The van der Waals surface area contributed by atoms with Gasteiger partial charge in [0.15, 0.2) is 0 Å². The maximum Gasteiger partial charge on any atom is 0.116 e. The molecule has 2 aromatic carbocycles. The third kappa shape index (κ3) is 1.76. The van der Waals surface area contributed by atoms with Gasteiger partial charge in [-0.1, -0.05) is 30.3 Å². The van der Waals surface area contributed by atoms with Crippen LogP contribution in [0.15, 0.2) is 42.5 Å². The van der Waals surface area contributed by atoms with Crippen LogP contribution in [0.1, 0.15) is 0 Å². The smallest absolute Gasteiger partial charge is 0.116 e. The van der Waals surface area contributed by atoms with Gasteiger partial charge in [0.1, 0.15) is 5.75 Å². The van der Waals surface area contributed by atoms with E-state index in [1.807, 2.05) is 30.3 Å². The molecule has 0 unspecified atom stereocenters. The molecular formula is C10H8OZr. The molecule has 0 aliphatic carbocycles. The van der Waals surface area contributed by atoms with Crippen molar-refractivity contribution in [1.82, 2.24) is 0 Å². The summed E-state index contributed by atoms with van der Waals surface area (Å²) in [5.41, 5.74) is 0. The average Bonchev–Trinajstić information content (AvgIpc) is 2.04. The summed E-state index contributed by atoms with van der Waals surface area (Å²) in [6.07, 6.45) is 0. The topological polar surface area (TPSA) is 20.2 Å². The van der Waals surface area contributed by atoms with Crippen LogP contribution in [0.3, 0.4) is 0 Å². The van der Waals surface area contributed by atoms with E-state index in [9.17, 15) is 0 Å². The molecule has 2 rings (SSSR count). The van der Waals surface area contributed by atoms with Gasteiger partial charge in [0.2, 0.25) is 0 Å². The minimum atomic E-state index is 0. The Bertz CT molecular complexity index is 384. The maximum atomic E-state index is 9.13. The Morgan fingerprint density at radius 1 is 0.833 bits per heavy atom. The molecule has 58 valence electrons. The van der Waals surface area contributed by atoms with Crippen LogP contribution in [0.2, 0.25) is 0 Å². The predicted octanol–water partition coefficient (Wildman–Crippen LogP) is 2.54. The number of phenols is 1. The molecule has 0 fully saturated rings. The summed E-state index contributed by atoms with van der Waals surface area (Å²) in [5, 5.41) is 11.4. The first kappa shape index (κ1) is 9.47. The number of aromatic hydroxyl groups is 1. The first-order valence-corrected chi connectivity index (χ1v) is 3.54. The van der Waals surface area contributed by atoms with E-state index in [2.05, 4.69) is 0 Å². The van der Waals surface area contributed by atoms with Crippen LogP contribution in [-0.4, -0.2) is 5.11 Å². The molecule has 1 N–H and O–H groups in total. The summed E-state index contributed by atoms with van der Waals surface area (Å²) in [5.74, 6) is 0.323. The molecule has 2 aromatic rings. The van der Waals surface area contributed by atoms with E-state index in [-0.39, 0.29) is 26.2 Å². The zero-order chi connectivity index (χ0) is 7.68. The number of hydrogen-bond acceptors (Lipinski definition) is 1. The summed E-state index contributed by atoms with van der Waals surface area (Å²) in [6.45, 7) is 0. The molecule has 0 spiro atoms. The standard InChI is InChI=1S/C10H8O.Zr/c11-10-6-5-8-3-1-2-4-9(8)7-10;/h1-7,11H;. The van der Waals surface area contributed by atoms with E-state index in [0.717, 1.165) is 10.8 Å². The minimum absolute atomic E-state index is 0. The Balaban J connectivity index is 0.000000720. The molecule has 1 nitrogen and oxygen atoms in total. The van der Waals surface area contributed by atoms with Gasteiger partial charge in [-0.25, -0.2) is 0 Å². The number of phenolic OH excluding ortho intramolecular Hbond substituents is 1. The SMILES string of the molecule is Oc1ccc2ccccc2c1.[Zr]. The molecule has 2 heteroatoms. The first-order valence-electron chi connectivity index (χ1n) is 3.54. The normalized spacial score (nSPS) is 9.33. The molecular weight excluding hydrogens is 227 g/mol. The van der Waals surface area contributed by atoms with Crippen LogP contribution in [-0.2, 0) is 26.2 Å². The molecule has 0 saturated carbocycles. The van der Waals surface area contributed by atoms with Crippen molar-refractivity contribution in [3.8, 4) is 5.75 Å². The third-order valence-corrected chi connectivity index (χ3v) is 1.73. The van der Waals surface area contributed by atoms with Crippen molar-refractivity contribution in [3.05, 3.63) is 42.5 Å². The summed E-state index contributed by atoms with van der Waals surface area (Å²) in [4.78, 5) is 0. The minimum Gasteiger partial charge on any atom is -0.508 e. The Labute approximate surface area is 90.2 Å². The first-order chi connectivity index (χ1) is 5.36. The van der Waals surface area contributed by atoms with Crippen LogP contribution in [0.5, 0.6) is 5.75 Å². The largest absolute Gasteiger partial charge is 0.508 e. The molecule has 0 aliphatic rings. The molecule has 0 radical (unpaired) electrons. The van der Waals surface area contributed by atoms with E-state index in [1.54, 1.807) is 12.1 Å². The van der Waals surface area contributed by atoms with Crippen molar-refractivity contribution in [2.45, 2.75) is 0 Å². The second-order valence-electron chi connectivity index (χ2n) is 2.53. The van der Waals surface area contributed by atoms with Gasteiger partial charge in [0.05, 0.1) is 0 Å². The van der Waals surface area contributed by atoms with E-state index < -0.39 is 0 Å². The maximum absolute atomic E-state index is 9.13. The van der Waals surface area contributed by atoms with Gasteiger partial charge in [-0.3, -0.25) is 0 Å². The molecule has 0 heterocycles. The van der Waals surface area contributed by atoms with Crippen molar-refractivity contribution in [2.75, 3.05) is 0 Å². The third-order valence-electron chi connectivity index (χ3n) is 1.73. The van der Waals surface area contributed by atoms with Crippen molar-refractivity contribution < 1.29 is 31.3 Å². The molecule has 0 amide bonds. The zero-order valence-corrected chi connectivity index (χ0v) is 8.95. The average molecular weight is 235 g/mol. The Hall–Kier alpha value is -0.617. The van der Waals surface area contributed by atoms with Gasteiger partial charge in [0, 0.05) is 26.2 Å². The van der Waals surface area contributed by atoms with Gasteiger partial charge >= 0.3 is 0 Å². The summed E-state index contributed by atoms with van der Waals surface area (Å²) in [6, 6.07) is 13.3. The van der Waals surface area contributed by atoms with Gasteiger partial charge in [-0.2, -0.15) is 0 Å². The van der Waals surface area contributed by atoms with Crippen molar-refractivity contribution in [1.29, 1.82) is 0 Å². The Morgan fingerprint density at radius 3 is 2.25 bits per heavy atom. The van der Waals surface area contributed by atoms with Crippen LogP contribution < -0.4 is 0 Å². The van der Waals surface area contributed by atoms with E-state index in [1.165, 1.54) is 0 Å². The van der Waals surface area contributed by atoms with Gasteiger partial charge in [-0.15, -0.1) is 0 Å². The van der Waals surface area contributed by atoms with Crippen LogP contribution in [0.4, 0.5) is 0 Å². The molecule has 0 bridgehead atoms. The Morgan fingerprint density at radius 2 is 1.50 bits per heavy atom. The number of hydrogen-bond donors (Lipinski definition) is 1. The molecule has 0 aliphatic heterocycles. The second kappa shape index (κ2) is 3.86. The van der Waals surface area contributed by atoms with Gasteiger partial charge in [-0.05, 0) is 22.9 Å². The second-order valence-corrected chi connectivity index (χ2v) is 2.53. The number of fused-ring (bicyclic) bond motifs is 1. The van der Waals surface area contributed by atoms with Crippen LogP contribution in [0.25, 0.3) is 10.8 Å². The Kier molecular flexibility index (Phi) is 3.05. The van der Waals surface area contributed by atoms with E-state index in [0.29, 0.717) is 5.75 Å². The van der Waals surface area contributed by atoms with E-state index >= 15 is 0 Å². The van der Waals surface area contributed by atoms with Crippen molar-refractivity contribution in [2.24, 2.45) is 0 Å². The van der Waals surface area contributed by atoms with Gasteiger partial charge < -0.3 is 5.11 Å². The quantitative estimate of drug-likeness (QED) is 0.744. The molecule has 12 heavy (non-hydrogen) atoms. The van der Waals surface area contributed by atoms with Crippen molar-refractivity contribution in [3.63, 3.8) is 0 Å².